The van der Waals surface area contributed by atoms with E-state index in [0.29, 0.717) is 0 Å². The van der Waals surface area contributed by atoms with E-state index in [2.05, 4.69) is 240 Å². The first-order valence-corrected chi connectivity index (χ1v) is 21.7. The van der Waals surface area contributed by atoms with Gasteiger partial charge in [-0.2, -0.15) is 0 Å². The Hall–Kier alpha value is -7.72. The molecule has 0 N–H and O–H groups in total. The van der Waals surface area contributed by atoms with Gasteiger partial charge in [0.25, 0.3) is 0 Å². The molecule has 2 aromatic heterocycles. The number of benzene rings is 10. The molecule has 3 heteroatoms. The summed E-state index contributed by atoms with van der Waals surface area (Å²) in [5, 5.41) is 7.53. The van der Waals surface area contributed by atoms with Gasteiger partial charge in [-0.1, -0.05) is 170 Å². The van der Waals surface area contributed by atoms with Crippen LogP contribution >= 0.6 is 11.3 Å². The molecule has 0 radical (unpaired) electrons. The molecule has 10 aromatic carbocycles. The molecule has 0 aliphatic carbocycles. The van der Waals surface area contributed by atoms with Crippen molar-refractivity contribution >= 4 is 81.1 Å². The summed E-state index contributed by atoms with van der Waals surface area (Å²) in [6.45, 7) is 0. The molecule has 286 valence electrons. The Morgan fingerprint density at radius 3 is 1.89 bits per heavy atom. The molecule has 12 rings (SSSR count). The zero-order valence-corrected chi connectivity index (χ0v) is 34.1. The van der Waals surface area contributed by atoms with Crippen LogP contribution in [0.2, 0.25) is 0 Å². The SMILES string of the molecule is c1ccc(-c2cc(N(c3ccc4c5ccccc5n(-c5ccccc5)c4c3)c3ccccc3-c3cccc4c3sc3ccccc34)ccc2-c2ccc3ccccc3c2)cc1. The van der Waals surface area contributed by atoms with Crippen LogP contribution < -0.4 is 4.90 Å². The largest absolute Gasteiger partial charge is 0.310 e. The minimum atomic E-state index is 1.08. The van der Waals surface area contributed by atoms with E-state index in [1.807, 2.05) is 11.3 Å². The van der Waals surface area contributed by atoms with Crippen LogP contribution in [0.1, 0.15) is 0 Å². The summed E-state index contributed by atoms with van der Waals surface area (Å²) < 4.78 is 5.01. The van der Waals surface area contributed by atoms with Crippen molar-refractivity contribution in [2.45, 2.75) is 0 Å². The summed E-state index contributed by atoms with van der Waals surface area (Å²) in [6.07, 6.45) is 0. The quantitative estimate of drug-likeness (QED) is 0.156. The predicted molar refractivity (Wildman–Crippen MR) is 262 cm³/mol. The Morgan fingerprint density at radius 2 is 1.00 bits per heavy atom. The Morgan fingerprint density at radius 1 is 0.344 bits per heavy atom. The highest BCUT2D eigenvalue weighted by molar-refractivity contribution is 7.26. The molecule has 0 fully saturated rings. The highest BCUT2D eigenvalue weighted by atomic mass is 32.1. The molecule has 2 nitrogen and oxygen atoms in total. The third-order valence-corrected chi connectivity index (χ3v) is 13.4. The molecule has 2 heterocycles. The third-order valence-electron chi connectivity index (χ3n) is 12.2. The van der Waals surface area contributed by atoms with E-state index >= 15 is 0 Å². The number of rotatable bonds is 7. The maximum absolute atomic E-state index is 2.48. The average molecular weight is 795 g/mol. The summed E-state index contributed by atoms with van der Waals surface area (Å²) in [6, 6.07) is 84.3. The van der Waals surface area contributed by atoms with Crippen LogP contribution in [0.4, 0.5) is 17.1 Å². The van der Waals surface area contributed by atoms with Gasteiger partial charge in [-0.25, -0.2) is 0 Å². The monoisotopic (exact) mass is 794 g/mol. The molecular weight excluding hydrogens is 757 g/mol. The van der Waals surface area contributed by atoms with Crippen molar-refractivity contribution in [3.05, 3.63) is 231 Å². The highest BCUT2D eigenvalue weighted by Crippen LogP contribution is 2.48. The summed E-state index contributed by atoms with van der Waals surface area (Å²) in [5.41, 5.74) is 13.9. The minimum Gasteiger partial charge on any atom is -0.310 e. The predicted octanol–water partition coefficient (Wildman–Crippen LogP) is 16.8. The van der Waals surface area contributed by atoms with E-state index in [4.69, 9.17) is 0 Å². The van der Waals surface area contributed by atoms with Crippen molar-refractivity contribution in [2.75, 3.05) is 4.90 Å². The van der Waals surface area contributed by atoms with Crippen molar-refractivity contribution in [3.8, 4) is 39.1 Å². The first kappa shape index (κ1) is 35.2. The van der Waals surface area contributed by atoms with Gasteiger partial charge in [0.1, 0.15) is 0 Å². The lowest BCUT2D eigenvalue weighted by Crippen LogP contribution is -2.12. The van der Waals surface area contributed by atoms with Gasteiger partial charge >= 0.3 is 0 Å². The molecule has 0 saturated heterocycles. The molecule has 12 aromatic rings. The topological polar surface area (TPSA) is 8.17 Å². The van der Waals surface area contributed by atoms with Gasteiger partial charge in [-0.3, -0.25) is 0 Å². The summed E-state index contributed by atoms with van der Waals surface area (Å²) in [7, 11) is 0. The van der Waals surface area contributed by atoms with E-state index < -0.39 is 0 Å². The number of thiophene rings is 1. The summed E-state index contributed by atoms with van der Waals surface area (Å²) >= 11 is 1.88. The first-order chi connectivity index (χ1) is 30.3. The number of hydrogen-bond donors (Lipinski definition) is 0. The molecule has 0 bridgehead atoms. The Kier molecular flexibility index (Phi) is 8.39. The van der Waals surface area contributed by atoms with Crippen LogP contribution in [-0.2, 0) is 0 Å². The highest BCUT2D eigenvalue weighted by Gasteiger charge is 2.23. The van der Waals surface area contributed by atoms with Gasteiger partial charge in [0, 0.05) is 59.1 Å². The molecule has 0 aliphatic rings. The third kappa shape index (κ3) is 5.93. The van der Waals surface area contributed by atoms with Crippen molar-refractivity contribution < 1.29 is 0 Å². The number of nitrogens with zero attached hydrogens (tertiary/aromatic N) is 2. The molecule has 0 amide bonds. The second kappa shape index (κ2) is 14.5. The fourth-order valence-electron chi connectivity index (χ4n) is 9.37. The Balaban J connectivity index is 1.14. The lowest BCUT2D eigenvalue weighted by atomic mass is 9.92. The van der Waals surface area contributed by atoms with E-state index in [0.717, 1.165) is 28.3 Å². The molecule has 0 aliphatic heterocycles. The maximum atomic E-state index is 2.48. The number of anilines is 3. The molecule has 0 spiro atoms. The Labute approximate surface area is 358 Å². The van der Waals surface area contributed by atoms with Gasteiger partial charge in [-0.05, 0) is 93.7 Å². The van der Waals surface area contributed by atoms with E-state index in [9.17, 15) is 0 Å². The number of para-hydroxylation sites is 3. The Bertz CT molecular complexity index is 3600. The normalized spacial score (nSPS) is 11.6. The van der Waals surface area contributed by atoms with E-state index in [-0.39, 0.29) is 0 Å². The lowest BCUT2D eigenvalue weighted by Gasteiger charge is -2.29. The second-order valence-corrected chi connectivity index (χ2v) is 16.7. The second-order valence-electron chi connectivity index (χ2n) is 15.7. The smallest absolute Gasteiger partial charge is 0.0561 e. The fraction of sp³-hybridized carbons (Fsp3) is 0. The molecule has 0 atom stereocenters. The minimum absolute atomic E-state index is 1.08. The first-order valence-electron chi connectivity index (χ1n) is 20.8. The standard InChI is InChI=1S/C58H38N2S/c1-3-17-40(18-4-1)53-37-44(32-34-46(53)42-31-30-39-16-7-8-19-41(39)36-42)59(45-33-35-49-47-22-9-13-28-55(47)60(56(49)38-45)43-20-5-2-6-21-43)54-27-12-10-23-48(54)51-25-15-26-52-50-24-11-14-29-57(50)61-58(51)52/h1-38H. The van der Waals surface area contributed by atoms with Crippen LogP contribution in [0.25, 0.3) is 91.8 Å². The van der Waals surface area contributed by atoms with Crippen LogP contribution in [0.15, 0.2) is 231 Å². The lowest BCUT2D eigenvalue weighted by molar-refractivity contribution is 1.18. The van der Waals surface area contributed by atoms with Gasteiger partial charge in [0.15, 0.2) is 0 Å². The van der Waals surface area contributed by atoms with E-state index in [1.165, 1.54) is 80.6 Å². The van der Waals surface area contributed by atoms with Gasteiger partial charge in [0.05, 0.1) is 16.7 Å². The average Bonchev–Trinajstić information content (AvgIpc) is 3.88. The summed E-state index contributed by atoms with van der Waals surface area (Å²) in [5.74, 6) is 0. The fourth-order valence-corrected chi connectivity index (χ4v) is 10.6. The van der Waals surface area contributed by atoms with E-state index in [1.54, 1.807) is 0 Å². The van der Waals surface area contributed by atoms with Gasteiger partial charge in [-0.15, -0.1) is 11.3 Å². The van der Waals surface area contributed by atoms with Crippen LogP contribution in [0.3, 0.4) is 0 Å². The van der Waals surface area contributed by atoms with Crippen molar-refractivity contribution in [2.24, 2.45) is 0 Å². The van der Waals surface area contributed by atoms with Crippen molar-refractivity contribution in [1.29, 1.82) is 0 Å². The van der Waals surface area contributed by atoms with Crippen LogP contribution in [0.5, 0.6) is 0 Å². The molecule has 0 saturated carbocycles. The number of hydrogen-bond acceptors (Lipinski definition) is 2. The molecule has 0 unspecified atom stereocenters. The van der Waals surface area contributed by atoms with Gasteiger partial charge in [0.2, 0.25) is 0 Å². The molecular formula is C58H38N2S. The zero-order chi connectivity index (χ0) is 40.3. The van der Waals surface area contributed by atoms with Gasteiger partial charge < -0.3 is 9.47 Å². The number of aromatic nitrogens is 1. The van der Waals surface area contributed by atoms with Crippen molar-refractivity contribution in [1.82, 2.24) is 4.57 Å². The molecule has 61 heavy (non-hydrogen) atoms. The summed E-state index contributed by atoms with van der Waals surface area (Å²) in [4.78, 5) is 2.48. The van der Waals surface area contributed by atoms with Crippen LogP contribution in [-0.4, -0.2) is 4.57 Å². The number of fused-ring (bicyclic) bond motifs is 7. The van der Waals surface area contributed by atoms with Crippen LogP contribution in [0, 0.1) is 0 Å². The zero-order valence-electron chi connectivity index (χ0n) is 33.2. The maximum Gasteiger partial charge on any atom is 0.0561 e. The van der Waals surface area contributed by atoms with Crippen molar-refractivity contribution in [3.63, 3.8) is 0 Å².